The average molecular weight is 157 g/mol. The van der Waals surface area contributed by atoms with Crippen LogP contribution in [0.1, 0.15) is 5.56 Å². The summed E-state index contributed by atoms with van der Waals surface area (Å²) in [4.78, 5) is 0. The summed E-state index contributed by atoms with van der Waals surface area (Å²) < 4.78 is 27.3. The van der Waals surface area contributed by atoms with Gasteiger partial charge in [0.2, 0.25) is 0 Å². The van der Waals surface area contributed by atoms with Gasteiger partial charge in [-0.15, -0.1) is 0 Å². The highest BCUT2D eigenvalue weighted by Gasteiger charge is 2.01. The molecule has 0 aliphatic rings. The number of alkyl halides is 2. The van der Waals surface area contributed by atoms with Gasteiger partial charge in [-0.1, -0.05) is 12.1 Å². The number of rotatable bonds is 2. The van der Waals surface area contributed by atoms with E-state index in [1.807, 2.05) is 0 Å². The second-order valence-electron chi connectivity index (χ2n) is 2.02. The van der Waals surface area contributed by atoms with Gasteiger partial charge in [0.1, 0.15) is 5.75 Å². The molecule has 1 aromatic rings. The minimum atomic E-state index is -2.76. The predicted octanol–water partition coefficient (Wildman–Crippen LogP) is 2.47. The van der Waals surface area contributed by atoms with Crippen LogP contribution in [0.2, 0.25) is 0 Å². The molecule has 0 unspecified atom stereocenters. The van der Waals surface area contributed by atoms with Crippen molar-refractivity contribution >= 4 is 0 Å². The number of benzene rings is 1. The van der Waals surface area contributed by atoms with Crippen LogP contribution >= 0.6 is 0 Å². The summed E-state index contributed by atoms with van der Waals surface area (Å²) >= 11 is 0. The SMILES string of the molecule is [CH2]c1ccc(OC(F)F)cc1. The molecule has 0 fully saturated rings. The van der Waals surface area contributed by atoms with E-state index >= 15 is 0 Å². The quantitative estimate of drug-likeness (QED) is 0.640. The van der Waals surface area contributed by atoms with Crippen LogP contribution < -0.4 is 4.74 Å². The molecule has 1 aromatic carbocycles. The summed E-state index contributed by atoms with van der Waals surface area (Å²) in [5.74, 6) is 0.160. The molecule has 3 heteroatoms. The van der Waals surface area contributed by atoms with Gasteiger partial charge >= 0.3 is 6.61 Å². The smallest absolute Gasteiger partial charge is 0.387 e. The molecule has 0 heterocycles. The van der Waals surface area contributed by atoms with Crippen LogP contribution in [0.15, 0.2) is 24.3 Å². The lowest BCUT2D eigenvalue weighted by Gasteiger charge is -2.02. The monoisotopic (exact) mass is 157 g/mol. The minimum Gasteiger partial charge on any atom is -0.435 e. The minimum absolute atomic E-state index is 0.160. The number of hydrogen-bond donors (Lipinski definition) is 0. The van der Waals surface area contributed by atoms with Gasteiger partial charge in [-0.25, -0.2) is 0 Å². The molecule has 59 valence electrons. The molecule has 1 rings (SSSR count). The van der Waals surface area contributed by atoms with Gasteiger partial charge in [0, 0.05) is 0 Å². The fourth-order valence-electron chi connectivity index (χ4n) is 0.671. The fourth-order valence-corrected chi connectivity index (χ4v) is 0.671. The molecule has 0 N–H and O–H groups in total. The van der Waals surface area contributed by atoms with Crippen LogP contribution in [0.5, 0.6) is 5.75 Å². The van der Waals surface area contributed by atoms with E-state index in [1.54, 1.807) is 12.1 Å². The van der Waals surface area contributed by atoms with Crippen molar-refractivity contribution in [3.63, 3.8) is 0 Å². The van der Waals surface area contributed by atoms with Crippen LogP contribution in [-0.4, -0.2) is 6.61 Å². The van der Waals surface area contributed by atoms with Crippen LogP contribution in [0.25, 0.3) is 0 Å². The Morgan fingerprint density at radius 1 is 1.18 bits per heavy atom. The zero-order valence-electron chi connectivity index (χ0n) is 5.76. The second-order valence-corrected chi connectivity index (χ2v) is 2.02. The fraction of sp³-hybridized carbons (Fsp3) is 0.125. The molecular formula is C8H7F2O. The van der Waals surface area contributed by atoms with Gasteiger partial charge < -0.3 is 4.74 Å². The molecule has 0 atom stereocenters. The first-order valence-electron chi connectivity index (χ1n) is 3.05. The topological polar surface area (TPSA) is 9.23 Å². The maximum Gasteiger partial charge on any atom is 0.387 e. The molecule has 1 radical (unpaired) electrons. The third-order valence-corrected chi connectivity index (χ3v) is 1.15. The Balaban J connectivity index is 2.66. The molecule has 0 saturated carbocycles. The average Bonchev–Trinajstić information content (AvgIpc) is 1.93. The van der Waals surface area contributed by atoms with E-state index in [-0.39, 0.29) is 5.75 Å². The van der Waals surface area contributed by atoms with Crippen LogP contribution in [0.4, 0.5) is 8.78 Å². The molecule has 0 spiro atoms. The van der Waals surface area contributed by atoms with E-state index < -0.39 is 6.61 Å². The van der Waals surface area contributed by atoms with E-state index in [1.165, 1.54) is 12.1 Å². The van der Waals surface area contributed by atoms with Crippen molar-refractivity contribution in [2.45, 2.75) is 6.61 Å². The molecule has 0 amide bonds. The van der Waals surface area contributed by atoms with Crippen molar-refractivity contribution < 1.29 is 13.5 Å². The third-order valence-electron chi connectivity index (χ3n) is 1.15. The zero-order chi connectivity index (χ0) is 8.27. The Morgan fingerprint density at radius 3 is 2.18 bits per heavy atom. The van der Waals surface area contributed by atoms with Gasteiger partial charge in [-0.05, 0) is 24.6 Å². The molecule has 1 nitrogen and oxygen atoms in total. The maximum atomic E-state index is 11.6. The zero-order valence-corrected chi connectivity index (χ0v) is 5.76. The first-order chi connectivity index (χ1) is 5.18. The summed E-state index contributed by atoms with van der Waals surface area (Å²) in [6, 6.07) is 6.12. The highest BCUT2D eigenvalue weighted by molar-refractivity contribution is 5.28. The van der Waals surface area contributed by atoms with Crippen LogP contribution in [0.3, 0.4) is 0 Å². The molecular weight excluding hydrogens is 150 g/mol. The predicted molar refractivity (Wildman–Crippen MR) is 37.5 cm³/mol. The normalized spacial score (nSPS) is 10.2. The Kier molecular flexibility index (Phi) is 2.41. The standard InChI is InChI=1S/C8H7F2O/c1-6-2-4-7(5-3-6)11-8(9)10/h2-5,8H,1H2. The highest BCUT2D eigenvalue weighted by atomic mass is 19.3. The van der Waals surface area contributed by atoms with Crippen molar-refractivity contribution in [3.05, 3.63) is 36.8 Å². The van der Waals surface area contributed by atoms with Crippen molar-refractivity contribution in [3.8, 4) is 5.75 Å². The Hall–Kier alpha value is -1.12. The van der Waals surface area contributed by atoms with E-state index in [0.717, 1.165) is 5.56 Å². The molecule has 0 aliphatic heterocycles. The van der Waals surface area contributed by atoms with Crippen molar-refractivity contribution in [1.82, 2.24) is 0 Å². The van der Waals surface area contributed by atoms with Gasteiger partial charge in [-0.3, -0.25) is 0 Å². The largest absolute Gasteiger partial charge is 0.435 e. The summed E-state index contributed by atoms with van der Waals surface area (Å²) in [5.41, 5.74) is 0.770. The molecule has 0 bridgehead atoms. The Morgan fingerprint density at radius 2 is 1.73 bits per heavy atom. The summed E-state index contributed by atoms with van der Waals surface area (Å²) in [6.45, 7) is 0.839. The third kappa shape index (κ3) is 2.53. The van der Waals surface area contributed by atoms with Crippen LogP contribution in [-0.2, 0) is 0 Å². The second kappa shape index (κ2) is 3.32. The number of halogens is 2. The van der Waals surface area contributed by atoms with Crippen molar-refractivity contribution in [2.75, 3.05) is 0 Å². The molecule has 0 aliphatic carbocycles. The molecule has 0 aromatic heterocycles. The summed E-state index contributed by atoms with van der Waals surface area (Å²) in [5, 5.41) is 0. The Labute approximate surface area is 63.6 Å². The number of hydrogen-bond acceptors (Lipinski definition) is 1. The summed E-state index contributed by atoms with van der Waals surface area (Å²) in [7, 11) is 0. The van der Waals surface area contributed by atoms with E-state index in [2.05, 4.69) is 11.7 Å². The van der Waals surface area contributed by atoms with E-state index in [4.69, 9.17) is 0 Å². The lowest BCUT2D eigenvalue weighted by molar-refractivity contribution is -0.0498. The molecule has 0 saturated heterocycles. The van der Waals surface area contributed by atoms with E-state index in [0.29, 0.717) is 0 Å². The van der Waals surface area contributed by atoms with Gasteiger partial charge in [0.15, 0.2) is 0 Å². The van der Waals surface area contributed by atoms with Crippen molar-refractivity contribution in [2.24, 2.45) is 0 Å². The van der Waals surface area contributed by atoms with Crippen molar-refractivity contribution in [1.29, 1.82) is 0 Å². The molecule has 11 heavy (non-hydrogen) atoms. The first-order valence-corrected chi connectivity index (χ1v) is 3.05. The lowest BCUT2D eigenvalue weighted by Crippen LogP contribution is -2.01. The van der Waals surface area contributed by atoms with Gasteiger partial charge in [0.05, 0.1) is 0 Å². The van der Waals surface area contributed by atoms with Crippen LogP contribution in [0, 0.1) is 6.92 Å². The number of ether oxygens (including phenoxy) is 1. The highest BCUT2D eigenvalue weighted by Crippen LogP contribution is 2.13. The Bertz CT molecular complexity index is 218. The first kappa shape index (κ1) is 7.98. The van der Waals surface area contributed by atoms with Gasteiger partial charge in [0.25, 0.3) is 0 Å². The maximum absolute atomic E-state index is 11.6. The summed E-state index contributed by atoms with van der Waals surface area (Å²) in [6.07, 6.45) is 0. The lowest BCUT2D eigenvalue weighted by atomic mass is 10.2. The van der Waals surface area contributed by atoms with E-state index in [9.17, 15) is 8.78 Å². The van der Waals surface area contributed by atoms with Gasteiger partial charge in [-0.2, -0.15) is 8.78 Å².